The summed E-state index contributed by atoms with van der Waals surface area (Å²) in [4.78, 5) is 39.0. The minimum absolute atomic E-state index is 0.303. The maximum Gasteiger partial charge on any atom is 0.294 e. The minimum Gasteiger partial charge on any atom is -0.324 e. The van der Waals surface area contributed by atoms with Crippen LogP contribution in [-0.2, 0) is 9.59 Å². The third-order valence-corrected chi connectivity index (χ3v) is 6.69. The molecule has 4 rings (SSSR count). The van der Waals surface area contributed by atoms with Gasteiger partial charge in [0.25, 0.3) is 11.1 Å². The van der Waals surface area contributed by atoms with Crippen LogP contribution in [-0.4, -0.2) is 33.1 Å². The second kappa shape index (κ2) is 9.18. The average molecular weight is 510 g/mol. The highest BCUT2D eigenvalue weighted by Gasteiger charge is 2.36. The van der Waals surface area contributed by atoms with E-state index in [2.05, 4.69) is 25.8 Å². The third-order valence-electron chi connectivity index (χ3n) is 5.09. The predicted octanol–water partition coefficient (Wildman–Crippen LogP) is 5.53. The fraction of sp³-hybridized carbons (Fsp3) is 0.125. The van der Waals surface area contributed by atoms with Gasteiger partial charge in [-0.15, -0.1) is 0 Å². The number of anilines is 1. The van der Waals surface area contributed by atoms with Gasteiger partial charge in [-0.2, -0.15) is 0 Å². The van der Waals surface area contributed by atoms with Crippen molar-refractivity contribution in [2.75, 3.05) is 11.9 Å². The van der Waals surface area contributed by atoms with Gasteiger partial charge in [0, 0.05) is 21.5 Å². The van der Waals surface area contributed by atoms with Crippen LogP contribution in [0, 0.1) is 13.8 Å². The summed E-state index contributed by atoms with van der Waals surface area (Å²) in [5, 5.41) is 2.26. The lowest BCUT2D eigenvalue weighted by Crippen LogP contribution is -2.36. The molecule has 162 valence electrons. The van der Waals surface area contributed by atoms with E-state index in [-0.39, 0.29) is 6.54 Å². The molecule has 1 N–H and O–H groups in total. The van der Waals surface area contributed by atoms with Gasteiger partial charge >= 0.3 is 0 Å². The summed E-state index contributed by atoms with van der Waals surface area (Å²) in [6.07, 6.45) is 1.72. The van der Waals surface area contributed by atoms with Gasteiger partial charge in [-0.05, 0) is 83.5 Å². The van der Waals surface area contributed by atoms with Crippen LogP contribution in [0.2, 0.25) is 0 Å². The third kappa shape index (κ3) is 4.42. The van der Waals surface area contributed by atoms with Crippen LogP contribution < -0.4 is 5.32 Å². The lowest BCUT2D eigenvalue weighted by molar-refractivity contribution is -0.127. The number of aryl methyl sites for hydroxylation is 1. The molecule has 8 heteroatoms. The van der Waals surface area contributed by atoms with E-state index in [0.717, 1.165) is 43.8 Å². The number of thioether (sulfide) groups is 1. The molecule has 2 heterocycles. The summed E-state index contributed by atoms with van der Waals surface area (Å²) in [7, 11) is 0. The second-order valence-corrected chi connectivity index (χ2v) is 9.14. The molecule has 1 fully saturated rings. The molecule has 3 aromatic rings. The van der Waals surface area contributed by atoms with Crippen molar-refractivity contribution in [3.8, 4) is 5.69 Å². The van der Waals surface area contributed by atoms with Crippen molar-refractivity contribution in [3.63, 3.8) is 0 Å². The van der Waals surface area contributed by atoms with E-state index in [4.69, 9.17) is 0 Å². The number of benzene rings is 2. The van der Waals surface area contributed by atoms with Crippen LogP contribution >= 0.6 is 27.7 Å². The molecule has 1 aliphatic heterocycles. The molecule has 0 saturated carbocycles. The molecular formula is C24H20BrN3O3S. The Balaban J connectivity index is 1.53. The number of nitrogens with zero attached hydrogens (tertiary/aromatic N) is 2. The quantitative estimate of drug-likeness (QED) is 0.458. The van der Waals surface area contributed by atoms with Crippen LogP contribution in [0.15, 0.2) is 70.0 Å². The Morgan fingerprint density at radius 3 is 2.47 bits per heavy atom. The Hall–Kier alpha value is -3.10. The number of imide groups is 1. The number of halogens is 1. The molecule has 1 aliphatic rings. The lowest BCUT2D eigenvalue weighted by atomic mass is 10.2. The normalized spacial score (nSPS) is 15.0. The average Bonchev–Trinajstić information content (AvgIpc) is 3.19. The van der Waals surface area contributed by atoms with E-state index in [0.29, 0.717) is 10.6 Å². The molecule has 0 bridgehead atoms. The second-order valence-electron chi connectivity index (χ2n) is 7.29. The number of rotatable bonds is 5. The smallest absolute Gasteiger partial charge is 0.294 e. The van der Waals surface area contributed by atoms with E-state index >= 15 is 0 Å². The van der Waals surface area contributed by atoms with Crippen LogP contribution in [0.4, 0.5) is 10.5 Å². The number of carbonyl (C=O) groups is 3. The van der Waals surface area contributed by atoms with Gasteiger partial charge < -0.3 is 9.88 Å². The zero-order chi connectivity index (χ0) is 22.8. The molecule has 0 unspecified atom stereocenters. The van der Waals surface area contributed by atoms with Gasteiger partial charge in [0.2, 0.25) is 5.91 Å². The van der Waals surface area contributed by atoms with E-state index in [1.165, 1.54) is 0 Å². The van der Waals surface area contributed by atoms with Gasteiger partial charge in [-0.3, -0.25) is 19.3 Å². The fourth-order valence-electron chi connectivity index (χ4n) is 3.58. The van der Waals surface area contributed by atoms with Gasteiger partial charge in [0.05, 0.1) is 10.6 Å². The van der Waals surface area contributed by atoms with E-state index in [9.17, 15) is 14.4 Å². The summed E-state index contributed by atoms with van der Waals surface area (Å²) >= 11 is 4.21. The number of aromatic nitrogens is 1. The zero-order valence-electron chi connectivity index (χ0n) is 17.5. The summed E-state index contributed by atoms with van der Waals surface area (Å²) in [5.74, 6) is -0.908. The first kappa shape index (κ1) is 22.1. The maximum atomic E-state index is 12.9. The molecular weight excluding hydrogens is 490 g/mol. The van der Waals surface area contributed by atoms with Gasteiger partial charge in [0.15, 0.2) is 0 Å². The van der Waals surface area contributed by atoms with Crippen molar-refractivity contribution in [2.24, 2.45) is 0 Å². The Labute approximate surface area is 198 Å². The first-order chi connectivity index (χ1) is 15.3. The van der Waals surface area contributed by atoms with Crippen LogP contribution in [0.1, 0.15) is 17.0 Å². The number of carbonyl (C=O) groups excluding carboxylic acids is 3. The number of para-hydroxylation sites is 2. The highest BCUT2D eigenvalue weighted by atomic mass is 79.9. The molecule has 0 aliphatic carbocycles. The SMILES string of the molecule is Cc1cc(/C=C2/SC(=O)N(CC(=O)Nc3ccccc3Br)C2=O)c(C)n1-c1ccccc1. The summed E-state index contributed by atoms with van der Waals surface area (Å²) in [5.41, 5.74) is 4.45. The van der Waals surface area contributed by atoms with E-state index in [1.807, 2.05) is 56.3 Å². The van der Waals surface area contributed by atoms with E-state index in [1.54, 1.807) is 24.3 Å². The minimum atomic E-state index is -0.466. The molecule has 32 heavy (non-hydrogen) atoms. The number of hydrogen-bond donors (Lipinski definition) is 1. The van der Waals surface area contributed by atoms with Crippen molar-refractivity contribution in [1.82, 2.24) is 9.47 Å². The van der Waals surface area contributed by atoms with Gasteiger partial charge in [-0.25, -0.2) is 0 Å². The highest BCUT2D eigenvalue weighted by molar-refractivity contribution is 9.10. The van der Waals surface area contributed by atoms with Crippen molar-refractivity contribution >= 4 is 56.5 Å². The summed E-state index contributed by atoms with van der Waals surface area (Å²) < 4.78 is 2.82. The monoisotopic (exact) mass is 509 g/mol. The van der Waals surface area contributed by atoms with Crippen molar-refractivity contribution in [3.05, 3.63) is 87.0 Å². The number of hydrogen-bond acceptors (Lipinski definition) is 4. The first-order valence-electron chi connectivity index (χ1n) is 9.89. The maximum absolute atomic E-state index is 12.9. The molecule has 1 aromatic heterocycles. The van der Waals surface area contributed by atoms with Crippen LogP contribution in [0.5, 0.6) is 0 Å². The Bertz CT molecular complexity index is 1250. The fourth-order valence-corrected chi connectivity index (χ4v) is 4.79. The van der Waals surface area contributed by atoms with Crippen molar-refractivity contribution in [2.45, 2.75) is 13.8 Å². The number of amides is 3. The van der Waals surface area contributed by atoms with Crippen molar-refractivity contribution < 1.29 is 14.4 Å². The summed E-state index contributed by atoms with van der Waals surface area (Å²) in [6, 6.07) is 19.1. The molecule has 0 atom stereocenters. The van der Waals surface area contributed by atoms with Crippen LogP contribution in [0.3, 0.4) is 0 Å². The topological polar surface area (TPSA) is 71.4 Å². The molecule has 3 amide bonds. The Kier molecular flexibility index (Phi) is 6.34. The Morgan fingerprint density at radius 2 is 1.75 bits per heavy atom. The molecule has 6 nitrogen and oxygen atoms in total. The first-order valence-corrected chi connectivity index (χ1v) is 11.5. The van der Waals surface area contributed by atoms with Crippen LogP contribution in [0.25, 0.3) is 11.8 Å². The van der Waals surface area contributed by atoms with Gasteiger partial charge in [0.1, 0.15) is 6.54 Å². The molecule has 1 saturated heterocycles. The van der Waals surface area contributed by atoms with Gasteiger partial charge in [-0.1, -0.05) is 30.3 Å². The molecule has 0 spiro atoms. The number of nitrogens with one attached hydrogen (secondary N) is 1. The molecule has 0 radical (unpaired) electrons. The summed E-state index contributed by atoms with van der Waals surface area (Å²) in [6.45, 7) is 3.63. The highest BCUT2D eigenvalue weighted by Crippen LogP contribution is 2.34. The largest absolute Gasteiger partial charge is 0.324 e. The predicted molar refractivity (Wildman–Crippen MR) is 131 cm³/mol. The standard InChI is InChI=1S/C24H20BrN3O3S/c1-15-12-17(16(2)28(15)18-8-4-3-5-9-18)13-21-23(30)27(24(31)32-21)14-22(29)26-20-11-7-6-10-19(20)25/h3-13H,14H2,1-2H3,(H,26,29)/b21-13+. The Morgan fingerprint density at radius 1 is 1.06 bits per heavy atom. The molecule has 2 aromatic carbocycles. The zero-order valence-corrected chi connectivity index (χ0v) is 19.9. The van der Waals surface area contributed by atoms with E-state index < -0.39 is 17.1 Å². The van der Waals surface area contributed by atoms with Crippen molar-refractivity contribution in [1.29, 1.82) is 0 Å². The lowest BCUT2D eigenvalue weighted by Gasteiger charge is -2.13.